The molecule has 2 fully saturated rings. The Kier molecular flexibility index (Phi) is 5.88. The van der Waals surface area contributed by atoms with Crippen molar-refractivity contribution in [3.63, 3.8) is 0 Å². The van der Waals surface area contributed by atoms with Crippen molar-refractivity contribution in [2.24, 2.45) is 0 Å². The van der Waals surface area contributed by atoms with Crippen LogP contribution in [0.15, 0.2) is 36.5 Å². The maximum Gasteiger partial charge on any atom is 0.257 e. The molecule has 2 aromatic rings. The number of carbonyl (C=O) groups excluding carboxylic acids is 2. The van der Waals surface area contributed by atoms with Crippen LogP contribution in [0.2, 0.25) is 0 Å². The second-order valence-electron chi connectivity index (χ2n) is 8.04. The lowest BCUT2D eigenvalue weighted by Gasteiger charge is -2.32. The van der Waals surface area contributed by atoms with Crippen molar-refractivity contribution in [2.75, 3.05) is 26.2 Å². The first-order valence-electron chi connectivity index (χ1n) is 10.6. The first-order chi connectivity index (χ1) is 14.1. The molecule has 0 aliphatic carbocycles. The molecule has 0 bridgehead atoms. The monoisotopic (exact) mass is 392 g/mol. The average molecular weight is 393 g/mol. The minimum atomic E-state index is 0.0401. The number of amides is 2. The van der Waals surface area contributed by atoms with E-state index in [0.29, 0.717) is 17.7 Å². The number of hydrogen-bond donors (Lipinski definition) is 0. The van der Waals surface area contributed by atoms with Gasteiger partial charge in [0.25, 0.3) is 11.8 Å². The van der Waals surface area contributed by atoms with E-state index >= 15 is 0 Å². The molecule has 1 aromatic carbocycles. The van der Waals surface area contributed by atoms with Gasteiger partial charge in [-0.1, -0.05) is 18.2 Å². The summed E-state index contributed by atoms with van der Waals surface area (Å²) in [5.74, 6) is 0.944. The maximum atomic E-state index is 12.8. The summed E-state index contributed by atoms with van der Waals surface area (Å²) in [5, 5.41) is 0. The highest BCUT2D eigenvalue weighted by Gasteiger charge is 2.28. The van der Waals surface area contributed by atoms with Gasteiger partial charge < -0.3 is 9.80 Å². The van der Waals surface area contributed by atoms with Crippen molar-refractivity contribution in [3.8, 4) is 0 Å². The summed E-state index contributed by atoms with van der Waals surface area (Å²) in [4.78, 5) is 38.6. The lowest BCUT2D eigenvalue weighted by Crippen LogP contribution is -2.39. The van der Waals surface area contributed by atoms with Crippen LogP contribution in [0.3, 0.4) is 0 Å². The molecule has 0 spiro atoms. The van der Waals surface area contributed by atoms with Crippen LogP contribution < -0.4 is 0 Å². The third-order valence-corrected chi connectivity index (χ3v) is 5.97. The molecule has 2 aliphatic heterocycles. The molecule has 6 heteroatoms. The zero-order valence-electron chi connectivity index (χ0n) is 17.0. The molecule has 2 amide bonds. The van der Waals surface area contributed by atoms with Gasteiger partial charge in [-0.2, -0.15) is 0 Å². The van der Waals surface area contributed by atoms with Gasteiger partial charge in [-0.25, -0.2) is 9.97 Å². The lowest BCUT2D eigenvalue weighted by molar-refractivity contribution is 0.0704. The molecule has 2 saturated heterocycles. The molecular formula is C23H28N4O2. The van der Waals surface area contributed by atoms with E-state index in [9.17, 15) is 9.59 Å². The van der Waals surface area contributed by atoms with Crippen molar-refractivity contribution in [1.82, 2.24) is 19.8 Å². The highest BCUT2D eigenvalue weighted by atomic mass is 16.2. The van der Waals surface area contributed by atoms with Crippen molar-refractivity contribution < 1.29 is 9.59 Å². The Bertz CT molecular complexity index is 878. The zero-order chi connectivity index (χ0) is 20.2. The topological polar surface area (TPSA) is 66.4 Å². The van der Waals surface area contributed by atoms with Gasteiger partial charge in [0.1, 0.15) is 5.82 Å². The third kappa shape index (κ3) is 4.31. The van der Waals surface area contributed by atoms with Crippen LogP contribution in [0.5, 0.6) is 0 Å². The highest BCUT2D eigenvalue weighted by molar-refractivity contribution is 5.95. The molecule has 4 rings (SSSR count). The average Bonchev–Trinajstić information content (AvgIpc) is 2.79. The van der Waals surface area contributed by atoms with Crippen molar-refractivity contribution in [1.29, 1.82) is 0 Å². The van der Waals surface area contributed by atoms with Crippen molar-refractivity contribution in [2.45, 2.75) is 44.9 Å². The van der Waals surface area contributed by atoms with E-state index in [1.807, 2.05) is 47.1 Å². The van der Waals surface area contributed by atoms with Crippen molar-refractivity contribution in [3.05, 3.63) is 59.2 Å². The van der Waals surface area contributed by atoms with E-state index in [1.165, 1.54) is 6.42 Å². The Labute approximate surface area is 172 Å². The molecule has 0 saturated carbocycles. The van der Waals surface area contributed by atoms with Crippen molar-refractivity contribution >= 4 is 11.8 Å². The van der Waals surface area contributed by atoms with Gasteiger partial charge in [0, 0.05) is 43.9 Å². The molecule has 0 N–H and O–H groups in total. The molecule has 29 heavy (non-hydrogen) atoms. The molecule has 2 aliphatic rings. The van der Waals surface area contributed by atoms with Crippen LogP contribution >= 0.6 is 0 Å². The third-order valence-electron chi connectivity index (χ3n) is 5.97. The number of nitrogens with zero attached hydrogens (tertiary/aromatic N) is 4. The summed E-state index contributed by atoms with van der Waals surface area (Å²) >= 11 is 0. The number of benzene rings is 1. The second-order valence-corrected chi connectivity index (χ2v) is 8.04. The van der Waals surface area contributed by atoms with Gasteiger partial charge in [0.2, 0.25) is 0 Å². The minimum absolute atomic E-state index is 0.0401. The van der Waals surface area contributed by atoms with E-state index in [4.69, 9.17) is 0 Å². The molecule has 3 heterocycles. The van der Waals surface area contributed by atoms with Crippen LogP contribution in [0.4, 0.5) is 0 Å². The summed E-state index contributed by atoms with van der Waals surface area (Å²) in [6, 6.07) is 9.40. The summed E-state index contributed by atoms with van der Waals surface area (Å²) < 4.78 is 0. The largest absolute Gasteiger partial charge is 0.339 e. The Morgan fingerprint density at radius 2 is 1.66 bits per heavy atom. The summed E-state index contributed by atoms with van der Waals surface area (Å²) in [7, 11) is 0. The molecular weight excluding hydrogens is 364 g/mol. The van der Waals surface area contributed by atoms with Crippen LogP contribution in [0.25, 0.3) is 0 Å². The number of likely N-dealkylation sites (tertiary alicyclic amines) is 2. The first kappa shape index (κ1) is 19.6. The predicted octanol–water partition coefficient (Wildman–Crippen LogP) is 3.43. The van der Waals surface area contributed by atoms with Gasteiger partial charge in [0.05, 0.1) is 11.3 Å². The molecule has 1 atom stereocenters. The van der Waals surface area contributed by atoms with Gasteiger partial charge in [-0.15, -0.1) is 0 Å². The number of aromatic nitrogens is 2. The Morgan fingerprint density at radius 1 is 0.931 bits per heavy atom. The number of piperidine rings is 2. The standard InChI is InChI=1S/C23H28N4O2/c1-17-20(23(29)26-12-6-3-7-13-26)15-24-21(25-17)19-11-8-14-27(16-19)22(28)18-9-4-2-5-10-18/h2,4-5,9-10,15,19H,3,6-8,11-14,16H2,1H3/t19-/m1/s1. The Balaban J connectivity index is 1.47. The Hall–Kier alpha value is -2.76. The van der Waals surface area contributed by atoms with E-state index in [-0.39, 0.29) is 17.7 Å². The smallest absolute Gasteiger partial charge is 0.257 e. The number of carbonyl (C=O) groups is 2. The number of hydrogen-bond acceptors (Lipinski definition) is 4. The molecule has 6 nitrogen and oxygen atoms in total. The first-order valence-corrected chi connectivity index (χ1v) is 10.6. The van der Waals surface area contributed by atoms with Crippen LogP contribution in [-0.4, -0.2) is 57.8 Å². The summed E-state index contributed by atoms with van der Waals surface area (Å²) in [6.07, 6.45) is 6.90. The lowest BCUT2D eigenvalue weighted by atomic mass is 9.96. The van der Waals surface area contributed by atoms with E-state index in [2.05, 4.69) is 9.97 Å². The minimum Gasteiger partial charge on any atom is -0.339 e. The summed E-state index contributed by atoms with van der Waals surface area (Å²) in [5.41, 5.74) is 2.05. The van der Waals surface area contributed by atoms with Crippen LogP contribution in [0, 0.1) is 6.92 Å². The normalized spacial score (nSPS) is 19.8. The molecule has 152 valence electrons. The van der Waals surface area contributed by atoms with Crippen LogP contribution in [-0.2, 0) is 0 Å². The quantitative estimate of drug-likeness (QED) is 0.803. The fraction of sp³-hybridized carbons (Fsp3) is 0.478. The van der Waals surface area contributed by atoms with Gasteiger partial charge in [-0.3, -0.25) is 9.59 Å². The summed E-state index contributed by atoms with van der Waals surface area (Å²) in [6.45, 7) is 4.90. The Morgan fingerprint density at radius 3 is 2.38 bits per heavy atom. The fourth-order valence-electron chi connectivity index (χ4n) is 4.29. The van der Waals surface area contributed by atoms with Gasteiger partial charge in [0.15, 0.2) is 0 Å². The van der Waals surface area contributed by atoms with Gasteiger partial charge in [-0.05, 0) is 51.2 Å². The predicted molar refractivity (Wildman–Crippen MR) is 111 cm³/mol. The zero-order valence-corrected chi connectivity index (χ0v) is 17.0. The molecule has 0 radical (unpaired) electrons. The SMILES string of the molecule is Cc1nc([C@@H]2CCCN(C(=O)c3ccccc3)C2)ncc1C(=O)N1CCCCC1. The van der Waals surface area contributed by atoms with E-state index in [1.54, 1.807) is 6.20 Å². The van der Waals surface area contributed by atoms with E-state index < -0.39 is 0 Å². The number of rotatable bonds is 3. The maximum absolute atomic E-state index is 12.8. The molecule has 0 unspecified atom stereocenters. The second kappa shape index (κ2) is 8.72. The number of aryl methyl sites for hydroxylation is 1. The van der Waals surface area contributed by atoms with Gasteiger partial charge >= 0.3 is 0 Å². The molecule has 1 aromatic heterocycles. The highest BCUT2D eigenvalue weighted by Crippen LogP contribution is 2.26. The van der Waals surface area contributed by atoms with E-state index in [0.717, 1.165) is 56.8 Å². The fourth-order valence-corrected chi connectivity index (χ4v) is 4.29. The van der Waals surface area contributed by atoms with Crippen LogP contribution in [0.1, 0.15) is 70.3 Å².